The number of methoxy groups -OCH3 is 1. The lowest BCUT2D eigenvalue weighted by molar-refractivity contribution is 0.278. The normalized spacial score (nSPS) is 20.5. The van der Waals surface area contributed by atoms with E-state index in [1.54, 1.807) is 7.11 Å². The number of aromatic nitrogens is 1. The van der Waals surface area contributed by atoms with Crippen molar-refractivity contribution >= 4 is 17.3 Å². The molecule has 1 atom stereocenters. The Morgan fingerprint density at radius 1 is 1.08 bits per heavy atom. The van der Waals surface area contributed by atoms with Crippen molar-refractivity contribution < 1.29 is 4.74 Å². The molecule has 1 N–H and O–H groups in total. The lowest BCUT2D eigenvalue weighted by Gasteiger charge is -2.40. The Kier molecular flexibility index (Phi) is 5.16. The molecule has 1 saturated carbocycles. The van der Waals surface area contributed by atoms with Gasteiger partial charge < -0.3 is 19.5 Å². The summed E-state index contributed by atoms with van der Waals surface area (Å²) in [5.41, 5.74) is 2.55. The zero-order valence-corrected chi connectivity index (χ0v) is 16.2. The van der Waals surface area contributed by atoms with Crippen LogP contribution in [0.25, 0.3) is 0 Å². The quantitative estimate of drug-likeness (QED) is 0.825. The molecule has 2 aliphatic rings. The first kappa shape index (κ1) is 17.4. The van der Waals surface area contributed by atoms with Crippen molar-refractivity contribution in [1.82, 2.24) is 14.8 Å². The third kappa shape index (κ3) is 3.45. The van der Waals surface area contributed by atoms with E-state index >= 15 is 0 Å². The molecule has 0 spiro atoms. The Morgan fingerprint density at radius 3 is 2.58 bits per heavy atom. The number of benzene rings is 1. The molecule has 4 nitrogen and oxygen atoms in total. The molecule has 4 rings (SSSR count). The van der Waals surface area contributed by atoms with Crippen LogP contribution >= 0.6 is 12.2 Å². The van der Waals surface area contributed by atoms with E-state index in [2.05, 4.69) is 45.2 Å². The van der Waals surface area contributed by atoms with Crippen molar-refractivity contribution in [1.29, 1.82) is 0 Å². The number of fused-ring (bicyclic) bond motifs is 1. The summed E-state index contributed by atoms with van der Waals surface area (Å²) >= 11 is 5.86. The van der Waals surface area contributed by atoms with Crippen LogP contribution in [0.15, 0.2) is 42.6 Å². The average molecular weight is 370 g/mol. The van der Waals surface area contributed by atoms with Crippen LogP contribution in [-0.2, 0) is 6.54 Å². The minimum Gasteiger partial charge on any atom is -0.497 e. The Morgan fingerprint density at radius 2 is 1.85 bits per heavy atom. The molecule has 0 saturated heterocycles. The Hall–Kier alpha value is -2.01. The summed E-state index contributed by atoms with van der Waals surface area (Å²) < 4.78 is 7.67. The largest absolute Gasteiger partial charge is 0.497 e. The number of nitrogens with zero attached hydrogens (tertiary/aromatic N) is 2. The van der Waals surface area contributed by atoms with Gasteiger partial charge in [-0.25, -0.2) is 0 Å². The van der Waals surface area contributed by atoms with Crippen molar-refractivity contribution in [3.05, 3.63) is 53.9 Å². The monoisotopic (exact) mass is 369 g/mol. The van der Waals surface area contributed by atoms with E-state index in [9.17, 15) is 0 Å². The molecule has 1 aromatic heterocycles. The number of thiocarbonyl (C=S) groups is 1. The van der Waals surface area contributed by atoms with Crippen LogP contribution < -0.4 is 10.1 Å². The third-order valence-corrected chi connectivity index (χ3v) is 6.02. The fraction of sp³-hybridized carbons (Fsp3) is 0.476. The molecule has 5 heteroatoms. The molecule has 138 valence electrons. The standard InChI is InChI=1S/C21H27N3OS/c1-25-18-11-9-16(10-12-18)20-19-8-5-13-23(19)14-15-24(20)21(26)22-17-6-3-2-4-7-17/h5,8-13,17,20H,2-4,6-7,14-15H2,1H3,(H,22,26)/t20-/m0/s1. The number of hydrogen-bond donors (Lipinski definition) is 1. The molecule has 2 heterocycles. The van der Waals surface area contributed by atoms with Crippen molar-refractivity contribution in [3.63, 3.8) is 0 Å². The van der Waals surface area contributed by atoms with Crippen molar-refractivity contribution in [3.8, 4) is 5.75 Å². The zero-order valence-electron chi connectivity index (χ0n) is 15.4. The second-order valence-electron chi connectivity index (χ2n) is 7.28. The highest BCUT2D eigenvalue weighted by Crippen LogP contribution is 2.33. The van der Waals surface area contributed by atoms with Crippen LogP contribution in [0.4, 0.5) is 0 Å². The molecule has 2 aromatic rings. The summed E-state index contributed by atoms with van der Waals surface area (Å²) in [5, 5.41) is 4.55. The van der Waals surface area contributed by atoms with E-state index < -0.39 is 0 Å². The van der Waals surface area contributed by atoms with Gasteiger partial charge in [0.1, 0.15) is 5.75 Å². The van der Waals surface area contributed by atoms with Gasteiger partial charge in [-0.2, -0.15) is 0 Å². The van der Waals surface area contributed by atoms with E-state index in [0.717, 1.165) is 24.0 Å². The third-order valence-electron chi connectivity index (χ3n) is 5.66. The van der Waals surface area contributed by atoms with Crippen LogP contribution in [0.1, 0.15) is 49.4 Å². The van der Waals surface area contributed by atoms with Crippen molar-refractivity contribution in [2.45, 2.75) is 50.7 Å². The molecule has 1 aromatic carbocycles. The van der Waals surface area contributed by atoms with E-state index in [0.29, 0.717) is 6.04 Å². The lowest BCUT2D eigenvalue weighted by Crippen LogP contribution is -2.50. The van der Waals surface area contributed by atoms with Crippen LogP contribution in [0, 0.1) is 0 Å². The molecule has 1 aliphatic carbocycles. The summed E-state index contributed by atoms with van der Waals surface area (Å²) in [4.78, 5) is 2.36. The molecular weight excluding hydrogens is 342 g/mol. The molecular formula is C21H27N3OS. The predicted octanol–water partition coefficient (Wildman–Crippen LogP) is 4.11. The molecule has 0 amide bonds. The predicted molar refractivity (Wildman–Crippen MR) is 109 cm³/mol. The minimum atomic E-state index is 0.147. The minimum absolute atomic E-state index is 0.147. The second kappa shape index (κ2) is 7.70. The topological polar surface area (TPSA) is 29.4 Å². The Balaban J connectivity index is 1.60. The summed E-state index contributed by atoms with van der Waals surface area (Å²) in [7, 11) is 1.70. The fourth-order valence-electron chi connectivity index (χ4n) is 4.24. The van der Waals surface area contributed by atoms with E-state index in [4.69, 9.17) is 17.0 Å². The fourth-order valence-corrected chi connectivity index (χ4v) is 4.61. The summed E-state index contributed by atoms with van der Waals surface area (Å²) in [5.74, 6) is 0.884. The van der Waals surface area contributed by atoms with Crippen LogP contribution in [0.3, 0.4) is 0 Å². The lowest BCUT2D eigenvalue weighted by atomic mass is 9.95. The van der Waals surface area contributed by atoms with Gasteiger partial charge in [0.15, 0.2) is 5.11 Å². The van der Waals surface area contributed by atoms with Crippen molar-refractivity contribution in [2.75, 3.05) is 13.7 Å². The van der Waals surface area contributed by atoms with E-state index in [-0.39, 0.29) is 6.04 Å². The van der Waals surface area contributed by atoms with Gasteiger partial charge in [0.25, 0.3) is 0 Å². The van der Waals surface area contributed by atoms with Gasteiger partial charge in [-0.3, -0.25) is 0 Å². The van der Waals surface area contributed by atoms with Gasteiger partial charge in [0, 0.05) is 31.0 Å². The summed E-state index contributed by atoms with van der Waals surface area (Å²) in [6.07, 6.45) is 8.61. The highest BCUT2D eigenvalue weighted by Gasteiger charge is 2.31. The van der Waals surface area contributed by atoms with Crippen molar-refractivity contribution in [2.24, 2.45) is 0 Å². The van der Waals surface area contributed by atoms with Crippen LogP contribution in [0.2, 0.25) is 0 Å². The molecule has 1 aliphatic heterocycles. The zero-order chi connectivity index (χ0) is 17.9. The Labute approximate surface area is 161 Å². The van der Waals surface area contributed by atoms with Gasteiger partial charge in [-0.15, -0.1) is 0 Å². The maximum atomic E-state index is 5.86. The maximum absolute atomic E-state index is 5.86. The van der Waals surface area contributed by atoms with Crippen LogP contribution in [0.5, 0.6) is 5.75 Å². The molecule has 0 unspecified atom stereocenters. The first-order valence-corrected chi connectivity index (χ1v) is 10.0. The number of hydrogen-bond acceptors (Lipinski definition) is 2. The Bertz CT molecular complexity index is 749. The van der Waals surface area contributed by atoms with E-state index in [1.165, 1.54) is 43.4 Å². The second-order valence-corrected chi connectivity index (χ2v) is 7.67. The van der Waals surface area contributed by atoms with Gasteiger partial charge in [-0.1, -0.05) is 31.4 Å². The first-order chi connectivity index (χ1) is 12.8. The van der Waals surface area contributed by atoms with E-state index in [1.807, 2.05) is 12.1 Å². The van der Waals surface area contributed by atoms with Crippen LogP contribution in [-0.4, -0.2) is 34.3 Å². The number of ether oxygens (including phenoxy) is 1. The molecule has 1 fully saturated rings. The van der Waals surface area contributed by atoms with Gasteiger partial charge in [-0.05, 0) is 54.9 Å². The highest BCUT2D eigenvalue weighted by molar-refractivity contribution is 7.80. The smallest absolute Gasteiger partial charge is 0.170 e. The van der Waals surface area contributed by atoms with Gasteiger partial charge in [0.05, 0.1) is 13.2 Å². The highest BCUT2D eigenvalue weighted by atomic mass is 32.1. The molecule has 26 heavy (non-hydrogen) atoms. The van der Waals surface area contributed by atoms with Gasteiger partial charge in [0.2, 0.25) is 0 Å². The number of nitrogens with one attached hydrogen (secondary N) is 1. The van der Waals surface area contributed by atoms with Gasteiger partial charge >= 0.3 is 0 Å². The summed E-state index contributed by atoms with van der Waals surface area (Å²) in [6, 6.07) is 13.4. The SMILES string of the molecule is COc1ccc([C@H]2c3cccn3CCN2C(=S)NC2CCCCC2)cc1. The first-order valence-electron chi connectivity index (χ1n) is 9.62. The average Bonchev–Trinajstić information content (AvgIpc) is 3.17. The number of rotatable bonds is 3. The molecule has 0 bridgehead atoms. The maximum Gasteiger partial charge on any atom is 0.170 e. The summed E-state index contributed by atoms with van der Waals surface area (Å²) in [6.45, 7) is 1.90. The molecule has 0 radical (unpaired) electrons.